The second-order valence-electron chi connectivity index (χ2n) is 4.83. The van der Waals surface area contributed by atoms with Crippen LogP contribution < -0.4 is 0 Å². The Balaban J connectivity index is 2.74. The maximum atomic E-state index is 9.26. The van der Waals surface area contributed by atoms with Crippen molar-refractivity contribution in [2.45, 2.75) is 32.6 Å². The summed E-state index contributed by atoms with van der Waals surface area (Å²) in [6, 6.07) is 1.19. The molecule has 0 unspecified atom stereocenters. The third-order valence-electron chi connectivity index (χ3n) is 1.97. The Morgan fingerprint density at radius 2 is 1.92 bits per heavy atom. The summed E-state index contributed by atoms with van der Waals surface area (Å²) in [6.07, 6.45) is 6.20. The van der Waals surface area contributed by atoms with E-state index in [2.05, 4.69) is 31.8 Å². The summed E-state index contributed by atoms with van der Waals surface area (Å²) in [5.74, 6) is 0.418. The van der Waals surface area contributed by atoms with Crippen molar-refractivity contribution in [1.82, 2.24) is 0 Å². The van der Waals surface area contributed by atoms with Crippen LogP contribution in [0.4, 0.5) is 0 Å². The summed E-state index contributed by atoms with van der Waals surface area (Å²) in [6.45, 7) is 8.80. The molecule has 2 heteroatoms. The Labute approximate surface area is 81.5 Å². The van der Waals surface area contributed by atoms with Gasteiger partial charge < -0.3 is 5.11 Å². The van der Waals surface area contributed by atoms with Gasteiger partial charge in [0.25, 0.3) is 0 Å². The van der Waals surface area contributed by atoms with Gasteiger partial charge in [0.1, 0.15) is 0 Å². The van der Waals surface area contributed by atoms with Crippen LogP contribution in [-0.4, -0.2) is 13.2 Å². The first-order chi connectivity index (χ1) is 5.88. The van der Waals surface area contributed by atoms with Crippen LogP contribution in [0.25, 0.3) is 0 Å². The summed E-state index contributed by atoms with van der Waals surface area (Å²) in [5.41, 5.74) is 2.33. The third kappa shape index (κ3) is 3.23. The first-order valence-electron chi connectivity index (χ1n) is 4.67. The molecule has 0 aliphatic heterocycles. The van der Waals surface area contributed by atoms with Crippen molar-refractivity contribution in [2.24, 2.45) is 0 Å². The fraction of sp³-hybridized carbons (Fsp3) is 0.455. The maximum Gasteiger partial charge on any atom is 0.0963 e. The third-order valence-corrected chi connectivity index (χ3v) is 3.44. The van der Waals surface area contributed by atoms with E-state index in [0.29, 0.717) is 5.76 Å². The molecule has 0 bridgehead atoms. The van der Waals surface area contributed by atoms with Crippen LogP contribution in [0.5, 0.6) is 0 Å². The van der Waals surface area contributed by atoms with Gasteiger partial charge in [-0.05, 0) is 24.6 Å². The smallest absolute Gasteiger partial charge is 0.0963 e. The highest BCUT2D eigenvalue weighted by Crippen LogP contribution is 2.25. The first-order valence-corrected chi connectivity index (χ1v) is 8.38. The van der Waals surface area contributed by atoms with Crippen molar-refractivity contribution in [3.63, 3.8) is 0 Å². The van der Waals surface area contributed by atoms with Crippen molar-refractivity contribution in [2.75, 3.05) is 0 Å². The van der Waals surface area contributed by atoms with Gasteiger partial charge in [0.15, 0.2) is 0 Å². The van der Waals surface area contributed by atoms with E-state index in [1.54, 1.807) is 6.92 Å². The summed E-state index contributed by atoms with van der Waals surface area (Å²) < 4.78 is 0. The van der Waals surface area contributed by atoms with E-state index in [4.69, 9.17) is 0 Å². The van der Waals surface area contributed by atoms with Gasteiger partial charge in [-0.3, -0.25) is 0 Å². The zero-order valence-electron chi connectivity index (χ0n) is 8.89. The van der Waals surface area contributed by atoms with Gasteiger partial charge in [-0.1, -0.05) is 31.8 Å². The average molecular weight is 194 g/mol. The number of rotatable bonds is 2. The van der Waals surface area contributed by atoms with E-state index < -0.39 is 8.07 Å². The van der Waals surface area contributed by atoms with Gasteiger partial charge in [-0.15, -0.1) is 0 Å². The van der Waals surface area contributed by atoms with Crippen LogP contribution in [0, 0.1) is 0 Å². The van der Waals surface area contributed by atoms with E-state index >= 15 is 0 Å². The van der Waals surface area contributed by atoms with Gasteiger partial charge in [-0.25, -0.2) is 0 Å². The highest BCUT2D eigenvalue weighted by Gasteiger charge is 2.16. The van der Waals surface area contributed by atoms with E-state index in [-0.39, 0.29) is 0 Å². The SMILES string of the molecule is CC(O)=C1C=CC(C[Si](C)(C)C)=C1. The lowest BCUT2D eigenvalue weighted by atomic mass is 10.2. The van der Waals surface area contributed by atoms with Gasteiger partial charge in [0, 0.05) is 13.6 Å². The summed E-state index contributed by atoms with van der Waals surface area (Å²) in [4.78, 5) is 0. The van der Waals surface area contributed by atoms with Crippen LogP contribution in [0.3, 0.4) is 0 Å². The van der Waals surface area contributed by atoms with Crippen molar-refractivity contribution in [3.05, 3.63) is 35.1 Å². The molecule has 1 aliphatic carbocycles. The molecule has 1 aliphatic rings. The van der Waals surface area contributed by atoms with Crippen LogP contribution in [0.2, 0.25) is 25.7 Å². The minimum absolute atomic E-state index is 0.418. The van der Waals surface area contributed by atoms with Crippen molar-refractivity contribution >= 4 is 8.07 Å². The van der Waals surface area contributed by atoms with E-state index in [9.17, 15) is 5.11 Å². The minimum Gasteiger partial charge on any atom is -0.512 e. The molecule has 1 nitrogen and oxygen atoms in total. The fourth-order valence-electron chi connectivity index (χ4n) is 1.44. The largest absolute Gasteiger partial charge is 0.512 e. The Morgan fingerprint density at radius 1 is 1.31 bits per heavy atom. The van der Waals surface area contributed by atoms with Crippen LogP contribution >= 0.6 is 0 Å². The van der Waals surface area contributed by atoms with Crippen molar-refractivity contribution in [3.8, 4) is 0 Å². The molecule has 0 spiro atoms. The number of allylic oxidation sites excluding steroid dienone is 6. The lowest BCUT2D eigenvalue weighted by molar-refractivity contribution is 0.411. The molecule has 72 valence electrons. The Kier molecular flexibility index (Phi) is 2.81. The second kappa shape index (κ2) is 3.54. The molecule has 13 heavy (non-hydrogen) atoms. The zero-order chi connectivity index (χ0) is 10.1. The molecule has 0 heterocycles. The lowest BCUT2D eigenvalue weighted by Gasteiger charge is -2.14. The average Bonchev–Trinajstić information content (AvgIpc) is 2.31. The van der Waals surface area contributed by atoms with Gasteiger partial charge in [0.2, 0.25) is 0 Å². The summed E-state index contributed by atoms with van der Waals surface area (Å²) in [7, 11) is -1.01. The van der Waals surface area contributed by atoms with Gasteiger partial charge in [-0.2, -0.15) is 0 Å². The monoisotopic (exact) mass is 194 g/mol. The van der Waals surface area contributed by atoms with Crippen LogP contribution in [0.1, 0.15) is 6.92 Å². The van der Waals surface area contributed by atoms with Crippen molar-refractivity contribution < 1.29 is 5.11 Å². The Morgan fingerprint density at radius 3 is 2.31 bits per heavy atom. The van der Waals surface area contributed by atoms with E-state index in [0.717, 1.165) is 5.57 Å². The molecule has 0 aromatic heterocycles. The molecular formula is C11H18OSi. The Hall–Kier alpha value is -0.763. The van der Waals surface area contributed by atoms with Crippen molar-refractivity contribution in [1.29, 1.82) is 0 Å². The quantitative estimate of drug-likeness (QED) is 0.525. The van der Waals surface area contributed by atoms with Crippen LogP contribution in [0.15, 0.2) is 35.1 Å². The molecule has 0 amide bonds. The van der Waals surface area contributed by atoms with E-state index in [1.165, 1.54) is 11.6 Å². The molecule has 0 atom stereocenters. The minimum atomic E-state index is -1.01. The van der Waals surface area contributed by atoms with Gasteiger partial charge >= 0.3 is 0 Å². The molecular weight excluding hydrogens is 176 g/mol. The zero-order valence-corrected chi connectivity index (χ0v) is 9.89. The molecule has 0 saturated heterocycles. The number of hydrogen-bond acceptors (Lipinski definition) is 1. The second-order valence-corrected chi connectivity index (χ2v) is 10.3. The summed E-state index contributed by atoms with van der Waals surface area (Å²) in [5, 5.41) is 9.26. The van der Waals surface area contributed by atoms with E-state index in [1.807, 2.05) is 6.08 Å². The number of aliphatic hydroxyl groups is 1. The Bertz CT molecular complexity index is 286. The molecule has 0 aromatic carbocycles. The van der Waals surface area contributed by atoms with Crippen LogP contribution in [-0.2, 0) is 0 Å². The predicted molar refractivity (Wildman–Crippen MR) is 60.7 cm³/mol. The highest BCUT2D eigenvalue weighted by atomic mass is 28.3. The normalized spacial score (nSPS) is 20.5. The molecule has 1 rings (SSSR count). The standard InChI is InChI=1S/C11H18OSi/c1-9(12)11-6-5-10(7-11)8-13(2,3)4/h5-7,12H,8H2,1-4H3. The topological polar surface area (TPSA) is 20.2 Å². The number of aliphatic hydroxyl groups excluding tert-OH is 1. The highest BCUT2D eigenvalue weighted by molar-refractivity contribution is 6.76. The molecule has 0 saturated carbocycles. The number of hydrogen-bond donors (Lipinski definition) is 1. The summed E-state index contributed by atoms with van der Waals surface area (Å²) >= 11 is 0. The lowest BCUT2D eigenvalue weighted by Crippen LogP contribution is -2.19. The predicted octanol–water partition coefficient (Wildman–Crippen LogP) is 3.65. The molecule has 1 N–H and O–H groups in total. The molecule has 0 radical (unpaired) electrons. The molecule has 0 aromatic rings. The van der Waals surface area contributed by atoms with Gasteiger partial charge in [0.05, 0.1) is 5.76 Å². The first kappa shape index (κ1) is 10.3. The fourth-order valence-corrected chi connectivity index (χ4v) is 2.88. The maximum absolute atomic E-state index is 9.26. The molecule has 0 fully saturated rings.